The summed E-state index contributed by atoms with van der Waals surface area (Å²) in [6, 6.07) is -0.178. The van der Waals surface area contributed by atoms with Crippen molar-refractivity contribution in [3.05, 3.63) is 0 Å². The van der Waals surface area contributed by atoms with Crippen LogP contribution in [0.5, 0.6) is 0 Å². The summed E-state index contributed by atoms with van der Waals surface area (Å²) in [7, 11) is 0. The van der Waals surface area contributed by atoms with Crippen LogP contribution in [-0.2, 0) is 19.0 Å². The SMILES string of the molecule is CCOC(=O)[C@H]1CC[C@H](OC[C@@H]2C[C@@H](O)CN2C(=O)OC(C)(C)C)CC1. The Labute approximate surface area is 156 Å². The number of hydrogen-bond donors (Lipinski definition) is 1. The van der Waals surface area contributed by atoms with Crippen molar-refractivity contribution < 1.29 is 28.9 Å². The lowest BCUT2D eigenvalue weighted by molar-refractivity contribution is -0.150. The molecule has 2 aliphatic rings. The van der Waals surface area contributed by atoms with Gasteiger partial charge in [0.2, 0.25) is 0 Å². The van der Waals surface area contributed by atoms with Crippen LogP contribution in [0.3, 0.4) is 0 Å². The Balaban J connectivity index is 1.79. The van der Waals surface area contributed by atoms with E-state index in [4.69, 9.17) is 14.2 Å². The molecule has 1 aliphatic carbocycles. The zero-order chi connectivity index (χ0) is 19.3. The van der Waals surface area contributed by atoms with Gasteiger partial charge in [-0.2, -0.15) is 0 Å². The normalized spacial score (nSPS) is 29.5. The number of carbonyl (C=O) groups is 2. The van der Waals surface area contributed by atoms with Gasteiger partial charge in [0.1, 0.15) is 5.60 Å². The highest BCUT2D eigenvalue weighted by molar-refractivity contribution is 5.72. The molecular weight excluding hydrogens is 338 g/mol. The number of hydrogen-bond acceptors (Lipinski definition) is 6. The molecule has 1 amide bonds. The quantitative estimate of drug-likeness (QED) is 0.748. The second kappa shape index (κ2) is 9.04. The highest BCUT2D eigenvalue weighted by atomic mass is 16.6. The summed E-state index contributed by atoms with van der Waals surface area (Å²) in [4.78, 5) is 25.7. The van der Waals surface area contributed by atoms with Crippen LogP contribution in [0.1, 0.15) is 59.8 Å². The Morgan fingerprint density at radius 1 is 1.15 bits per heavy atom. The molecule has 0 unspecified atom stereocenters. The van der Waals surface area contributed by atoms with Crippen molar-refractivity contribution in [3.63, 3.8) is 0 Å². The third-order valence-corrected chi connectivity index (χ3v) is 4.84. The minimum atomic E-state index is -0.568. The molecule has 7 heteroatoms. The molecule has 1 saturated heterocycles. The molecule has 0 aromatic carbocycles. The lowest BCUT2D eigenvalue weighted by Crippen LogP contribution is -2.42. The molecule has 7 nitrogen and oxygen atoms in total. The van der Waals surface area contributed by atoms with E-state index in [2.05, 4.69) is 0 Å². The second-order valence-electron chi connectivity index (χ2n) is 8.24. The van der Waals surface area contributed by atoms with E-state index < -0.39 is 17.8 Å². The van der Waals surface area contributed by atoms with Crippen LogP contribution >= 0.6 is 0 Å². The maximum absolute atomic E-state index is 12.3. The average Bonchev–Trinajstić information content (AvgIpc) is 2.93. The fraction of sp³-hybridized carbons (Fsp3) is 0.895. The first-order valence-corrected chi connectivity index (χ1v) is 9.65. The van der Waals surface area contributed by atoms with Gasteiger partial charge in [-0.1, -0.05) is 0 Å². The molecule has 0 spiro atoms. The van der Waals surface area contributed by atoms with Crippen molar-refractivity contribution in [2.75, 3.05) is 19.8 Å². The number of aliphatic hydroxyl groups excluding tert-OH is 1. The number of carbonyl (C=O) groups excluding carboxylic acids is 2. The number of likely N-dealkylation sites (tertiary alicyclic amines) is 1. The third-order valence-electron chi connectivity index (χ3n) is 4.84. The number of rotatable bonds is 5. The molecule has 0 aromatic heterocycles. The van der Waals surface area contributed by atoms with E-state index in [1.54, 1.807) is 4.90 Å². The Morgan fingerprint density at radius 2 is 1.81 bits per heavy atom. The van der Waals surface area contributed by atoms with E-state index in [-0.39, 0.29) is 30.6 Å². The van der Waals surface area contributed by atoms with Crippen LogP contribution in [0.25, 0.3) is 0 Å². The average molecular weight is 371 g/mol. The van der Waals surface area contributed by atoms with Crippen LogP contribution in [0.4, 0.5) is 4.79 Å². The van der Waals surface area contributed by atoms with Gasteiger partial charge in [0.05, 0.1) is 43.9 Å². The fourth-order valence-electron chi connectivity index (χ4n) is 3.57. The van der Waals surface area contributed by atoms with E-state index in [1.165, 1.54) is 0 Å². The Hall–Kier alpha value is -1.34. The van der Waals surface area contributed by atoms with Crippen molar-refractivity contribution >= 4 is 12.1 Å². The smallest absolute Gasteiger partial charge is 0.410 e. The van der Waals surface area contributed by atoms with Gasteiger partial charge in [0.15, 0.2) is 0 Å². The van der Waals surface area contributed by atoms with E-state index in [0.29, 0.717) is 19.6 Å². The van der Waals surface area contributed by atoms with Gasteiger partial charge in [-0.3, -0.25) is 4.79 Å². The van der Waals surface area contributed by atoms with E-state index >= 15 is 0 Å². The van der Waals surface area contributed by atoms with Gasteiger partial charge in [-0.05, 0) is 59.8 Å². The summed E-state index contributed by atoms with van der Waals surface area (Å²) in [6.45, 7) is 8.36. The number of ether oxygens (including phenoxy) is 3. The Kier molecular flexibility index (Phi) is 7.29. The predicted octanol–water partition coefficient (Wildman–Crippen LogP) is 2.50. The molecular formula is C19H33NO6. The Bertz CT molecular complexity index is 481. The largest absolute Gasteiger partial charge is 0.466 e. The molecule has 0 bridgehead atoms. The van der Waals surface area contributed by atoms with Crippen LogP contribution < -0.4 is 0 Å². The minimum Gasteiger partial charge on any atom is -0.466 e. The monoisotopic (exact) mass is 371 g/mol. The van der Waals surface area contributed by atoms with E-state index in [1.807, 2.05) is 27.7 Å². The summed E-state index contributed by atoms with van der Waals surface area (Å²) in [6.07, 6.45) is 2.79. The highest BCUT2D eigenvalue weighted by Crippen LogP contribution is 2.28. The molecule has 2 atom stereocenters. The van der Waals surface area contributed by atoms with Crippen molar-refractivity contribution in [3.8, 4) is 0 Å². The summed E-state index contributed by atoms with van der Waals surface area (Å²) in [5.74, 6) is -0.137. The van der Waals surface area contributed by atoms with Crippen LogP contribution in [0.2, 0.25) is 0 Å². The Morgan fingerprint density at radius 3 is 2.38 bits per heavy atom. The number of esters is 1. The topological polar surface area (TPSA) is 85.3 Å². The molecule has 0 aromatic rings. The second-order valence-corrected chi connectivity index (χ2v) is 8.24. The van der Waals surface area contributed by atoms with E-state index in [0.717, 1.165) is 25.7 Å². The number of nitrogens with zero attached hydrogens (tertiary/aromatic N) is 1. The van der Waals surface area contributed by atoms with Crippen LogP contribution in [-0.4, -0.2) is 65.7 Å². The van der Waals surface area contributed by atoms with Gasteiger partial charge in [0.25, 0.3) is 0 Å². The molecule has 1 saturated carbocycles. The number of amides is 1. The van der Waals surface area contributed by atoms with Crippen molar-refractivity contribution in [2.24, 2.45) is 5.92 Å². The molecule has 0 radical (unpaired) electrons. The molecule has 150 valence electrons. The maximum Gasteiger partial charge on any atom is 0.410 e. The zero-order valence-corrected chi connectivity index (χ0v) is 16.4. The van der Waals surface area contributed by atoms with Crippen molar-refractivity contribution in [2.45, 2.75) is 83.6 Å². The van der Waals surface area contributed by atoms with Crippen molar-refractivity contribution in [1.82, 2.24) is 4.90 Å². The summed E-state index contributed by atoms with van der Waals surface area (Å²) in [5, 5.41) is 9.94. The lowest BCUT2D eigenvalue weighted by atomic mass is 9.87. The third kappa shape index (κ3) is 6.13. The predicted molar refractivity (Wildman–Crippen MR) is 95.7 cm³/mol. The first-order chi connectivity index (χ1) is 12.2. The van der Waals surface area contributed by atoms with Gasteiger partial charge < -0.3 is 24.2 Å². The van der Waals surface area contributed by atoms with Gasteiger partial charge in [0, 0.05) is 0 Å². The standard InChI is InChI=1S/C19H33NO6/c1-5-24-17(22)13-6-8-16(9-7-13)25-12-14-10-15(21)11-20(14)18(23)26-19(2,3)4/h13-16,21H,5-12H2,1-4H3/t13-,14-,15+,16-/m0/s1. The molecule has 2 fully saturated rings. The molecule has 1 N–H and O–H groups in total. The zero-order valence-electron chi connectivity index (χ0n) is 16.4. The van der Waals surface area contributed by atoms with Gasteiger partial charge >= 0.3 is 12.1 Å². The summed E-state index contributed by atoms with van der Waals surface area (Å²) in [5.41, 5.74) is -0.568. The van der Waals surface area contributed by atoms with Gasteiger partial charge in [-0.15, -0.1) is 0 Å². The minimum absolute atomic E-state index is 0.0265. The summed E-state index contributed by atoms with van der Waals surface area (Å²) >= 11 is 0. The maximum atomic E-state index is 12.3. The summed E-state index contributed by atoms with van der Waals surface area (Å²) < 4.78 is 16.5. The van der Waals surface area contributed by atoms with Crippen molar-refractivity contribution in [1.29, 1.82) is 0 Å². The van der Waals surface area contributed by atoms with E-state index in [9.17, 15) is 14.7 Å². The number of β-amino-alcohol motifs (C(OH)–C–C–N with tert-alkyl or cyclic N) is 1. The highest BCUT2D eigenvalue weighted by Gasteiger charge is 2.37. The van der Waals surface area contributed by atoms with Gasteiger partial charge in [-0.25, -0.2) is 4.79 Å². The number of aliphatic hydroxyl groups is 1. The van der Waals surface area contributed by atoms with Crippen LogP contribution in [0.15, 0.2) is 0 Å². The molecule has 2 rings (SSSR count). The lowest BCUT2D eigenvalue weighted by Gasteiger charge is -2.31. The first kappa shape index (κ1) is 21.0. The molecule has 1 aliphatic heterocycles. The molecule has 1 heterocycles. The fourth-order valence-corrected chi connectivity index (χ4v) is 3.57. The first-order valence-electron chi connectivity index (χ1n) is 9.65. The molecule has 26 heavy (non-hydrogen) atoms. The van der Waals surface area contributed by atoms with Crippen LogP contribution in [0, 0.1) is 5.92 Å².